The van der Waals surface area contributed by atoms with E-state index in [9.17, 15) is 9.00 Å². The Morgan fingerprint density at radius 3 is 2.59 bits per heavy atom. The third kappa shape index (κ3) is 3.89. The molecule has 1 N–H and O–H groups in total. The zero-order valence-corrected chi connectivity index (χ0v) is 14.2. The highest BCUT2D eigenvalue weighted by molar-refractivity contribution is 7.84. The Labute approximate surface area is 136 Å². The van der Waals surface area contributed by atoms with Gasteiger partial charge in [-0.2, -0.15) is 0 Å². The van der Waals surface area contributed by atoms with E-state index in [1.807, 2.05) is 6.92 Å². The second kappa shape index (κ2) is 6.97. The first-order chi connectivity index (χ1) is 10.4. The average Bonchev–Trinajstić information content (AvgIpc) is 2.91. The van der Waals surface area contributed by atoms with Crippen LogP contribution >= 0.6 is 12.2 Å². The SMILES string of the molecule is C[C@@H](C[S@](C)=O)N(C)C(=O)c1ccc(-c2n[nH]c(=S)o2)cc1. The molecule has 0 aliphatic heterocycles. The van der Waals surface area contributed by atoms with Crippen LogP contribution in [0.15, 0.2) is 28.7 Å². The van der Waals surface area contributed by atoms with E-state index in [-0.39, 0.29) is 16.8 Å². The molecule has 2 atom stereocenters. The summed E-state index contributed by atoms with van der Waals surface area (Å²) in [4.78, 5) is 14.2. The van der Waals surface area contributed by atoms with Gasteiger partial charge in [-0.05, 0) is 43.4 Å². The Bertz CT molecular complexity index is 736. The molecule has 2 aromatic rings. The minimum Gasteiger partial charge on any atom is -0.409 e. The molecule has 8 heteroatoms. The zero-order chi connectivity index (χ0) is 16.3. The molecule has 1 amide bonds. The Morgan fingerprint density at radius 2 is 2.09 bits per heavy atom. The molecule has 1 aromatic carbocycles. The summed E-state index contributed by atoms with van der Waals surface area (Å²) in [6.45, 7) is 1.88. The van der Waals surface area contributed by atoms with Gasteiger partial charge in [-0.3, -0.25) is 9.00 Å². The number of nitrogens with zero attached hydrogens (tertiary/aromatic N) is 2. The van der Waals surface area contributed by atoms with E-state index in [2.05, 4.69) is 10.2 Å². The van der Waals surface area contributed by atoms with Crippen LogP contribution < -0.4 is 0 Å². The van der Waals surface area contributed by atoms with Crippen LogP contribution in [-0.2, 0) is 10.8 Å². The number of aromatic amines is 1. The van der Waals surface area contributed by atoms with Crippen LogP contribution in [0.1, 0.15) is 17.3 Å². The minimum atomic E-state index is -0.943. The van der Waals surface area contributed by atoms with E-state index in [4.69, 9.17) is 16.6 Å². The molecule has 1 heterocycles. The van der Waals surface area contributed by atoms with Crippen LogP contribution in [0.5, 0.6) is 0 Å². The molecule has 0 saturated carbocycles. The Kier molecular flexibility index (Phi) is 5.25. The van der Waals surface area contributed by atoms with Crippen molar-refractivity contribution in [1.82, 2.24) is 15.1 Å². The number of carbonyl (C=O) groups is 1. The summed E-state index contributed by atoms with van der Waals surface area (Å²) in [5.41, 5.74) is 1.28. The van der Waals surface area contributed by atoms with Crippen molar-refractivity contribution in [3.05, 3.63) is 34.7 Å². The normalized spacial score (nSPS) is 13.6. The van der Waals surface area contributed by atoms with E-state index in [0.717, 1.165) is 5.56 Å². The lowest BCUT2D eigenvalue weighted by Crippen LogP contribution is -2.38. The lowest BCUT2D eigenvalue weighted by molar-refractivity contribution is 0.0757. The van der Waals surface area contributed by atoms with Crippen molar-refractivity contribution in [3.8, 4) is 11.5 Å². The van der Waals surface area contributed by atoms with Crippen molar-refractivity contribution in [2.45, 2.75) is 13.0 Å². The lowest BCUT2D eigenvalue weighted by atomic mass is 10.1. The van der Waals surface area contributed by atoms with E-state index >= 15 is 0 Å². The summed E-state index contributed by atoms with van der Waals surface area (Å²) >= 11 is 4.83. The number of rotatable bonds is 5. The van der Waals surface area contributed by atoms with Gasteiger partial charge >= 0.3 is 0 Å². The van der Waals surface area contributed by atoms with E-state index in [0.29, 0.717) is 17.2 Å². The third-order valence-corrected chi connectivity index (χ3v) is 4.40. The molecule has 0 spiro atoms. The van der Waals surface area contributed by atoms with Gasteiger partial charge in [-0.15, -0.1) is 5.10 Å². The van der Waals surface area contributed by atoms with Crippen LogP contribution in [0.25, 0.3) is 11.5 Å². The molecule has 0 radical (unpaired) electrons. The van der Waals surface area contributed by atoms with Crippen molar-refractivity contribution in [2.75, 3.05) is 19.1 Å². The molecule has 0 aliphatic rings. The summed E-state index contributed by atoms with van der Waals surface area (Å²) < 4.78 is 16.5. The predicted octanol–water partition coefficient (Wildman–Crippen LogP) is 2.24. The monoisotopic (exact) mass is 339 g/mol. The summed E-state index contributed by atoms with van der Waals surface area (Å²) in [6.07, 6.45) is 1.63. The number of hydrogen-bond donors (Lipinski definition) is 1. The van der Waals surface area contributed by atoms with Crippen molar-refractivity contribution in [3.63, 3.8) is 0 Å². The third-order valence-electron chi connectivity index (χ3n) is 3.27. The Balaban J connectivity index is 2.14. The second-order valence-electron chi connectivity index (χ2n) is 5.00. The molecular weight excluding hydrogens is 322 g/mol. The van der Waals surface area contributed by atoms with Crippen LogP contribution in [0, 0.1) is 4.84 Å². The number of nitrogens with one attached hydrogen (secondary N) is 1. The first-order valence-electron chi connectivity index (χ1n) is 6.61. The number of carbonyl (C=O) groups excluding carboxylic acids is 1. The highest BCUT2D eigenvalue weighted by Gasteiger charge is 2.18. The van der Waals surface area contributed by atoms with Gasteiger partial charge in [-0.25, -0.2) is 5.10 Å². The maximum atomic E-state index is 12.4. The largest absolute Gasteiger partial charge is 0.409 e. The maximum Gasteiger partial charge on any atom is 0.284 e. The summed E-state index contributed by atoms with van der Waals surface area (Å²) in [5.74, 6) is 0.716. The molecular formula is C14H17N3O3S2. The zero-order valence-electron chi connectivity index (χ0n) is 12.5. The second-order valence-corrected chi connectivity index (χ2v) is 6.85. The van der Waals surface area contributed by atoms with Gasteiger partial charge in [0.05, 0.1) is 0 Å². The topological polar surface area (TPSA) is 79.2 Å². The van der Waals surface area contributed by atoms with Crippen molar-refractivity contribution < 1.29 is 13.4 Å². The van der Waals surface area contributed by atoms with Gasteiger partial charge in [-0.1, -0.05) is 0 Å². The number of benzene rings is 1. The van der Waals surface area contributed by atoms with E-state index in [1.54, 1.807) is 42.5 Å². The maximum absolute atomic E-state index is 12.4. The summed E-state index contributed by atoms with van der Waals surface area (Å²) in [6, 6.07) is 6.81. The van der Waals surface area contributed by atoms with Gasteiger partial charge in [0.1, 0.15) is 0 Å². The number of amides is 1. The van der Waals surface area contributed by atoms with Gasteiger partial charge in [0, 0.05) is 47.0 Å². The highest BCUT2D eigenvalue weighted by Crippen LogP contribution is 2.18. The molecule has 0 aliphatic carbocycles. The number of H-pyrrole nitrogens is 1. The van der Waals surface area contributed by atoms with Crippen LogP contribution in [0.2, 0.25) is 0 Å². The summed E-state index contributed by atoms with van der Waals surface area (Å²) in [5, 5.41) is 6.48. The van der Waals surface area contributed by atoms with Gasteiger partial charge in [0.2, 0.25) is 5.89 Å². The quantitative estimate of drug-likeness (QED) is 0.845. The molecule has 0 unspecified atom stereocenters. The Hall–Kier alpha value is -1.80. The molecule has 0 bridgehead atoms. The molecule has 118 valence electrons. The fourth-order valence-electron chi connectivity index (χ4n) is 1.96. The molecule has 6 nitrogen and oxygen atoms in total. The van der Waals surface area contributed by atoms with Crippen LogP contribution in [0.4, 0.5) is 0 Å². The fraction of sp³-hybridized carbons (Fsp3) is 0.357. The standard InChI is InChI=1S/C14H17N3O3S2/c1-9(8-22(3)19)17(2)13(18)11-6-4-10(5-7-11)12-15-16-14(21)20-12/h4-7,9H,8H2,1-3H3,(H,16,21)/t9-,22-/m0/s1. The van der Waals surface area contributed by atoms with Crippen LogP contribution in [-0.4, -0.2) is 50.3 Å². The van der Waals surface area contributed by atoms with Gasteiger partial charge < -0.3 is 9.32 Å². The van der Waals surface area contributed by atoms with Gasteiger partial charge in [0.25, 0.3) is 10.7 Å². The molecule has 0 fully saturated rings. The molecule has 1 aromatic heterocycles. The predicted molar refractivity (Wildman–Crippen MR) is 87.6 cm³/mol. The lowest BCUT2D eigenvalue weighted by Gasteiger charge is -2.24. The van der Waals surface area contributed by atoms with E-state index in [1.165, 1.54) is 0 Å². The van der Waals surface area contributed by atoms with Crippen molar-refractivity contribution in [1.29, 1.82) is 0 Å². The highest BCUT2D eigenvalue weighted by atomic mass is 32.2. The van der Waals surface area contributed by atoms with Crippen molar-refractivity contribution >= 4 is 28.9 Å². The average molecular weight is 339 g/mol. The first kappa shape index (κ1) is 16.6. The number of hydrogen-bond acceptors (Lipinski definition) is 5. The van der Waals surface area contributed by atoms with Crippen LogP contribution in [0.3, 0.4) is 0 Å². The fourth-order valence-corrected chi connectivity index (χ4v) is 2.99. The Morgan fingerprint density at radius 1 is 1.45 bits per heavy atom. The number of aromatic nitrogens is 2. The first-order valence-corrected chi connectivity index (χ1v) is 8.75. The van der Waals surface area contributed by atoms with Gasteiger partial charge in [0.15, 0.2) is 0 Å². The molecule has 0 saturated heterocycles. The summed E-state index contributed by atoms with van der Waals surface area (Å²) in [7, 11) is 0.765. The smallest absolute Gasteiger partial charge is 0.284 e. The van der Waals surface area contributed by atoms with Crippen molar-refractivity contribution in [2.24, 2.45) is 0 Å². The minimum absolute atomic E-state index is 0.0953. The van der Waals surface area contributed by atoms with E-state index < -0.39 is 10.8 Å². The molecule has 22 heavy (non-hydrogen) atoms. The molecule has 2 rings (SSSR count).